The number of aromatic nitrogens is 1. The van der Waals surface area contributed by atoms with Crippen molar-refractivity contribution < 1.29 is 9.18 Å². The van der Waals surface area contributed by atoms with Gasteiger partial charge in [-0.15, -0.1) is 0 Å². The maximum atomic E-state index is 13.7. The van der Waals surface area contributed by atoms with Gasteiger partial charge in [0.05, 0.1) is 5.02 Å². The van der Waals surface area contributed by atoms with Gasteiger partial charge in [-0.25, -0.2) is 4.39 Å². The molecule has 0 fully saturated rings. The van der Waals surface area contributed by atoms with E-state index in [-0.39, 0.29) is 23.6 Å². The zero-order chi connectivity index (χ0) is 13.8. The summed E-state index contributed by atoms with van der Waals surface area (Å²) in [5, 5.41) is 0.0196. The van der Waals surface area contributed by atoms with E-state index in [0.29, 0.717) is 16.8 Å². The van der Waals surface area contributed by atoms with Gasteiger partial charge in [-0.05, 0) is 17.7 Å². The molecular formula is C14H12ClFN2O. The topological polar surface area (TPSA) is 56.0 Å². The smallest absolute Gasteiger partial charge is 0.145 e. The number of pyridine rings is 1. The summed E-state index contributed by atoms with van der Waals surface area (Å²) >= 11 is 5.67. The van der Waals surface area contributed by atoms with Gasteiger partial charge >= 0.3 is 0 Å². The number of hydrogen-bond donors (Lipinski definition) is 1. The van der Waals surface area contributed by atoms with E-state index in [1.165, 1.54) is 6.07 Å². The summed E-state index contributed by atoms with van der Waals surface area (Å²) < 4.78 is 13.7. The van der Waals surface area contributed by atoms with E-state index in [1.54, 1.807) is 30.6 Å². The molecule has 1 aromatic heterocycles. The molecule has 5 heteroatoms. The zero-order valence-electron chi connectivity index (χ0n) is 10.1. The van der Waals surface area contributed by atoms with Crippen LogP contribution in [0.5, 0.6) is 0 Å². The van der Waals surface area contributed by atoms with Crippen LogP contribution in [-0.2, 0) is 17.6 Å². The van der Waals surface area contributed by atoms with Gasteiger partial charge in [-0.2, -0.15) is 0 Å². The van der Waals surface area contributed by atoms with E-state index in [9.17, 15) is 9.18 Å². The van der Waals surface area contributed by atoms with Gasteiger partial charge in [0.1, 0.15) is 11.6 Å². The number of carbonyl (C=O) groups is 1. The molecule has 1 heterocycles. The van der Waals surface area contributed by atoms with Crippen LogP contribution in [0, 0.1) is 5.82 Å². The summed E-state index contributed by atoms with van der Waals surface area (Å²) in [7, 11) is 0. The Labute approximate surface area is 115 Å². The minimum atomic E-state index is -0.545. The number of anilines is 1. The second kappa shape index (κ2) is 5.80. The van der Waals surface area contributed by atoms with Crippen molar-refractivity contribution in [2.75, 3.05) is 5.73 Å². The fourth-order valence-corrected chi connectivity index (χ4v) is 1.95. The van der Waals surface area contributed by atoms with Crippen molar-refractivity contribution in [3.63, 3.8) is 0 Å². The lowest BCUT2D eigenvalue weighted by Crippen LogP contribution is -2.09. The van der Waals surface area contributed by atoms with Gasteiger partial charge in [0.15, 0.2) is 0 Å². The van der Waals surface area contributed by atoms with E-state index in [2.05, 4.69) is 4.98 Å². The van der Waals surface area contributed by atoms with Gasteiger partial charge in [0.2, 0.25) is 0 Å². The fourth-order valence-electron chi connectivity index (χ4n) is 1.76. The van der Waals surface area contributed by atoms with Crippen LogP contribution in [0.4, 0.5) is 10.1 Å². The van der Waals surface area contributed by atoms with Crippen molar-refractivity contribution in [1.82, 2.24) is 4.98 Å². The number of hydrogen-bond acceptors (Lipinski definition) is 3. The first-order chi connectivity index (χ1) is 9.08. The number of halogens is 2. The maximum Gasteiger partial charge on any atom is 0.145 e. The number of Topliss-reactive ketones (excluding diaryl/α,β-unsaturated/α-hetero) is 1. The first kappa shape index (κ1) is 13.5. The van der Waals surface area contributed by atoms with Crippen molar-refractivity contribution in [2.45, 2.75) is 12.8 Å². The highest BCUT2D eigenvalue weighted by Crippen LogP contribution is 2.19. The summed E-state index contributed by atoms with van der Waals surface area (Å²) in [5.74, 6) is -0.683. The largest absolute Gasteiger partial charge is 0.398 e. The van der Waals surface area contributed by atoms with Crippen molar-refractivity contribution in [2.24, 2.45) is 0 Å². The summed E-state index contributed by atoms with van der Waals surface area (Å²) in [6.45, 7) is 0. The Morgan fingerprint density at radius 2 is 2.00 bits per heavy atom. The quantitative estimate of drug-likeness (QED) is 0.936. The van der Waals surface area contributed by atoms with E-state index in [1.807, 2.05) is 0 Å². The van der Waals surface area contributed by atoms with Gasteiger partial charge in [-0.3, -0.25) is 9.78 Å². The first-order valence-electron chi connectivity index (χ1n) is 5.71. The Hall–Kier alpha value is -1.94. The highest BCUT2D eigenvalue weighted by molar-refractivity contribution is 6.30. The number of ketones is 1. The third-order valence-corrected chi connectivity index (χ3v) is 3.04. The molecule has 0 aliphatic carbocycles. The molecule has 0 saturated heterocycles. The molecule has 2 rings (SSSR count). The van der Waals surface area contributed by atoms with Gasteiger partial charge in [0, 0.05) is 36.5 Å². The SMILES string of the molecule is Nc1ccncc1CC(=O)Cc1cccc(Cl)c1F. The van der Waals surface area contributed by atoms with Crippen LogP contribution in [0.2, 0.25) is 5.02 Å². The molecule has 2 N–H and O–H groups in total. The van der Waals surface area contributed by atoms with E-state index in [0.717, 1.165) is 0 Å². The minimum absolute atomic E-state index is 0.0132. The molecule has 98 valence electrons. The monoisotopic (exact) mass is 278 g/mol. The molecule has 0 spiro atoms. The molecule has 0 radical (unpaired) electrons. The molecular weight excluding hydrogens is 267 g/mol. The van der Waals surface area contributed by atoms with Crippen molar-refractivity contribution in [1.29, 1.82) is 0 Å². The molecule has 0 aliphatic rings. The molecule has 2 aromatic rings. The molecule has 0 amide bonds. The second-order valence-electron chi connectivity index (χ2n) is 4.18. The summed E-state index contributed by atoms with van der Waals surface area (Å²) in [6.07, 6.45) is 3.22. The van der Waals surface area contributed by atoms with Crippen LogP contribution in [0.25, 0.3) is 0 Å². The fraction of sp³-hybridized carbons (Fsp3) is 0.143. The second-order valence-corrected chi connectivity index (χ2v) is 4.59. The van der Waals surface area contributed by atoms with E-state index < -0.39 is 5.82 Å². The molecule has 3 nitrogen and oxygen atoms in total. The Morgan fingerprint density at radius 3 is 2.74 bits per heavy atom. The number of nitrogens with zero attached hydrogens (tertiary/aromatic N) is 1. The molecule has 0 atom stereocenters. The van der Waals surface area contributed by atoms with Crippen LogP contribution in [-0.4, -0.2) is 10.8 Å². The van der Waals surface area contributed by atoms with Gasteiger partial charge in [-0.1, -0.05) is 23.7 Å². The summed E-state index contributed by atoms with van der Waals surface area (Å²) in [4.78, 5) is 15.8. The van der Waals surface area contributed by atoms with Crippen LogP contribution < -0.4 is 5.73 Å². The van der Waals surface area contributed by atoms with Crippen LogP contribution in [0.3, 0.4) is 0 Å². The van der Waals surface area contributed by atoms with Crippen molar-refractivity contribution >= 4 is 23.1 Å². The lowest BCUT2D eigenvalue weighted by atomic mass is 10.0. The number of nitrogens with two attached hydrogens (primary N) is 1. The van der Waals surface area contributed by atoms with Crippen LogP contribution in [0.1, 0.15) is 11.1 Å². The summed E-state index contributed by atoms with van der Waals surface area (Å²) in [5.41, 5.74) is 7.18. The van der Waals surface area contributed by atoms with Gasteiger partial charge in [0.25, 0.3) is 0 Å². The van der Waals surface area contributed by atoms with Crippen LogP contribution in [0.15, 0.2) is 36.7 Å². The van der Waals surface area contributed by atoms with E-state index >= 15 is 0 Å². The normalized spacial score (nSPS) is 10.4. The highest BCUT2D eigenvalue weighted by Gasteiger charge is 2.12. The Morgan fingerprint density at radius 1 is 1.26 bits per heavy atom. The third-order valence-electron chi connectivity index (χ3n) is 2.75. The summed E-state index contributed by atoms with van der Waals surface area (Å²) in [6, 6.07) is 6.24. The first-order valence-corrected chi connectivity index (χ1v) is 6.08. The number of carbonyl (C=O) groups excluding carboxylic acids is 1. The molecule has 0 bridgehead atoms. The molecule has 19 heavy (non-hydrogen) atoms. The Balaban J connectivity index is 2.10. The number of nitrogen functional groups attached to an aromatic ring is 1. The average Bonchev–Trinajstić information content (AvgIpc) is 2.38. The molecule has 0 aliphatic heterocycles. The number of benzene rings is 1. The molecule has 1 aromatic carbocycles. The maximum absolute atomic E-state index is 13.7. The molecule has 0 unspecified atom stereocenters. The lowest BCUT2D eigenvalue weighted by Gasteiger charge is -2.06. The number of rotatable bonds is 4. The van der Waals surface area contributed by atoms with Gasteiger partial charge < -0.3 is 5.73 Å². The highest BCUT2D eigenvalue weighted by atomic mass is 35.5. The standard InChI is InChI=1S/C14H12ClFN2O/c15-12-3-1-2-9(14(12)16)6-11(19)7-10-8-18-5-4-13(10)17/h1-5,8H,6-7H2,(H2,17,18). The lowest BCUT2D eigenvalue weighted by molar-refractivity contribution is -0.117. The predicted molar refractivity (Wildman–Crippen MR) is 72.5 cm³/mol. The predicted octanol–water partition coefficient (Wildman–Crippen LogP) is 2.81. The Bertz CT molecular complexity index is 616. The zero-order valence-corrected chi connectivity index (χ0v) is 10.8. The molecule has 0 saturated carbocycles. The Kier molecular flexibility index (Phi) is 4.12. The van der Waals surface area contributed by atoms with Crippen LogP contribution >= 0.6 is 11.6 Å². The minimum Gasteiger partial charge on any atom is -0.398 e. The van der Waals surface area contributed by atoms with E-state index in [4.69, 9.17) is 17.3 Å². The van der Waals surface area contributed by atoms with Crippen molar-refractivity contribution in [3.8, 4) is 0 Å². The van der Waals surface area contributed by atoms with Crippen molar-refractivity contribution in [3.05, 3.63) is 58.6 Å². The average molecular weight is 279 g/mol. The third kappa shape index (κ3) is 3.29.